The Balaban J connectivity index is 1.30. The maximum Gasteiger partial charge on any atom is 0.320 e. The zero-order chi connectivity index (χ0) is 19.0. The fourth-order valence-electron chi connectivity index (χ4n) is 3.57. The topological polar surface area (TPSA) is 61.9 Å². The van der Waals surface area contributed by atoms with Crippen LogP contribution >= 0.6 is 11.6 Å². The Bertz CT molecular complexity index is 831. The van der Waals surface area contributed by atoms with Crippen LogP contribution in [0.2, 0.25) is 5.02 Å². The van der Waals surface area contributed by atoms with Crippen LogP contribution in [0.1, 0.15) is 12.0 Å². The van der Waals surface area contributed by atoms with Gasteiger partial charge in [-0.05, 0) is 24.6 Å². The summed E-state index contributed by atoms with van der Waals surface area (Å²) < 4.78 is 18.6. The molecule has 1 N–H and O–H groups in total. The zero-order valence-electron chi connectivity index (χ0n) is 14.6. The Morgan fingerprint density at radius 3 is 2.89 bits per heavy atom. The number of carbonyl (C=O) groups excluding carboxylic acids is 2. The van der Waals surface area contributed by atoms with Crippen LogP contribution in [0, 0.1) is 23.6 Å². The smallest absolute Gasteiger partial charge is 0.320 e. The Hall–Kier alpha value is -2.30. The first-order valence-electron chi connectivity index (χ1n) is 8.91. The summed E-state index contributed by atoms with van der Waals surface area (Å²) in [5.41, 5.74) is 0.581. The van der Waals surface area contributed by atoms with Crippen LogP contribution in [0.25, 0.3) is 0 Å². The number of rotatable bonds is 0. The third-order valence-electron chi connectivity index (χ3n) is 5.09. The first kappa shape index (κ1) is 18.1. The van der Waals surface area contributed by atoms with Crippen LogP contribution in [0.5, 0.6) is 0 Å². The summed E-state index contributed by atoms with van der Waals surface area (Å²) in [5, 5.41) is 3.18. The number of amides is 3. The second kappa shape index (κ2) is 7.37. The highest BCUT2D eigenvalue weighted by Gasteiger charge is 2.39. The van der Waals surface area contributed by atoms with Gasteiger partial charge in [-0.2, -0.15) is 0 Å². The Morgan fingerprint density at radius 1 is 1.30 bits per heavy atom. The lowest BCUT2D eigenvalue weighted by molar-refractivity contribution is -0.139. The molecule has 3 amide bonds. The zero-order valence-corrected chi connectivity index (χ0v) is 15.3. The molecule has 27 heavy (non-hydrogen) atoms. The number of nitrogens with one attached hydrogen (secondary N) is 1. The van der Waals surface area contributed by atoms with Gasteiger partial charge in [0, 0.05) is 31.7 Å². The molecule has 2 atom stereocenters. The lowest BCUT2D eigenvalue weighted by atomic mass is 9.99. The van der Waals surface area contributed by atoms with Gasteiger partial charge in [0.1, 0.15) is 12.4 Å². The Labute approximate surface area is 161 Å². The van der Waals surface area contributed by atoms with Gasteiger partial charge in [0.15, 0.2) is 0 Å². The molecule has 3 fully saturated rings. The molecule has 1 aromatic carbocycles. The molecule has 0 bridgehead atoms. The number of likely N-dealkylation sites (tertiary alicyclic amines) is 2. The number of nitrogens with zero attached hydrogens (tertiary/aromatic N) is 2. The minimum Gasteiger partial charge on any atom is -0.366 e. The van der Waals surface area contributed by atoms with Crippen LogP contribution in [-0.2, 0) is 9.53 Å². The second-order valence-electron chi connectivity index (χ2n) is 7.04. The third kappa shape index (κ3) is 3.87. The van der Waals surface area contributed by atoms with Crippen molar-refractivity contribution in [1.82, 2.24) is 15.1 Å². The molecule has 2 unspecified atom stereocenters. The molecule has 0 aliphatic carbocycles. The van der Waals surface area contributed by atoms with Crippen molar-refractivity contribution in [1.29, 1.82) is 0 Å². The van der Waals surface area contributed by atoms with E-state index in [9.17, 15) is 14.0 Å². The van der Waals surface area contributed by atoms with E-state index in [0.29, 0.717) is 31.7 Å². The molecule has 0 radical (unpaired) electrons. The molecule has 0 spiro atoms. The van der Waals surface area contributed by atoms with Crippen LogP contribution in [0.3, 0.4) is 0 Å². The maximum absolute atomic E-state index is 13.1. The lowest BCUT2D eigenvalue weighted by Gasteiger charge is -2.45. The van der Waals surface area contributed by atoms with Crippen molar-refractivity contribution in [2.45, 2.75) is 18.6 Å². The lowest BCUT2D eigenvalue weighted by Crippen LogP contribution is -2.64. The molecule has 4 rings (SSSR count). The van der Waals surface area contributed by atoms with E-state index >= 15 is 0 Å². The van der Waals surface area contributed by atoms with Gasteiger partial charge >= 0.3 is 6.03 Å². The molecule has 0 aromatic heterocycles. The predicted octanol–water partition coefficient (Wildman–Crippen LogP) is 1.47. The number of piperidine rings is 1. The van der Waals surface area contributed by atoms with Crippen molar-refractivity contribution in [3.63, 3.8) is 0 Å². The maximum atomic E-state index is 13.1. The summed E-state index contributed by atoms with van der Waals surface area (Å²) in [6.45, 7) is 2.29. The molecular formula is C19H19ClFN3O3. The molecule has 3 aliphatic heterocycles. The van der Waals surface area contributed by atoms with Gasteiger partial charge in [-0.25, -0.2) is 9.18 Å². The largest absolute Gasteiger partial charge is 0.366 e. The van der Waals surface area contributed by atoms with Crippen LogP contribution in [-0.4, -0.2) is 66.7 Å². The van der Waals surface area contributed by atoms with Gasteiger partial charge < -0.3 is 19.9 Å². The van der Waals surface area contributed by atoms with Gasteiger partial charge in [-0.15, -0.1) is 0 Å². The van der Waals surface area contributed by atoms with E-state index in [1.54, 1.807) is 15.9 Å². The number of hydrogen-bond donors (Lipinski definition) is 1. The molecule has 8 heteroatoms. The highest BCUT2D eigenvalue weighted by Crippen LogP contribution is 2.23. The number of benzene rings is 1. The van der Waals surface area contributed by atoms with Crippen molar-refractivity contribution >= 4 is 23.5 Å². The molecule has 3 aliphatic rings. The van der Waals surface area contributed by atoms with Crippen LogP contribution < -0.4 is 5.32 Å². The molecule has 1 aromatic rings. The van der Waals surface area contributed by atoms with Crippen molar-refractivity contribution in [2.24, 2.45) is 5.92 Å². The monoisotopic (exact) mass is 391 g/mol. The molecule has 3 saturated heterocycles. The first-order chi connectivity index (χ1) is 13.0. The van der Waals surface area contributed by atoms with Gasteiger partial charge in [-0.1, -0.05) is 23.4 Å². The molecular weight excluding hydrogens is 373 g/mol. The first-order valence-corrected chi connectivity index (χ1v) is 9.29. The summed E-state index contributed by atoms with van der Waals surface area (Å²) in [6, 6.07) is 3.94. The van der Waals surface area contributed by atoms with Crippen molar-refractivity contribution < 1.29 is 18.7 Å². The summed E-state index contributed by atoms with van der Waals surface area (Å²) >= 11 is 5.97. The third-order valence-corrected chi connectivity index (χ3v) is 5.40. The molecule has 3 heterocycles. The van der Waals surface area contributed by atoms with Crippen molar-refractivity contribution in [3.05, 3.63) is 34.6 Å². The predicted molar refractivity (Wildman–Crippen MR) is 96.6 cm³/mol. The van der Waals surface area contributed by atoms with E-state index < -0.39 is 5.82 Å². The number of urea groups is 1. The number of fused-ring (bicyclic) bond motifs is 1. The molecule has 142 valence electrons. The summed E-state index contributed by atoms with van der Waals surface area (Å²) in [7, 11) is 0. The quantitative estimate of drug-likeness (QED) is 0.681. The highest BCUT2D eigenvalue weighted by atomic mass is 35.5. The van der Waals surface area contributed by atoms with E-state index in [1.165, 1.54) is 12.1 Å². The minimum absolute atomic E-state index is 0.0118. The van der Waals surface area contributed by atoms with E-state index in [-0.39, 0.29) is 41.6 Å². The molecule has 0 saturated carbocycles. The van der Waals surface area contributed by atoms with E-state index in [0.717, 1.165) is 6.42 Å². The second-order valence-corrected chi connectivity index (χ2v) is 7.44. The van der Waals surface area contributed by atoms with Gasteiger partial charge in [0.25, 0.3) is 0 Å². The normalized spacial score (nSPS) is 25.0. The van der Waals surface area contributed by atoms with Crippen LogP contribution in [0.4, 0.5) is 9.18 Å². The Kier molecular flexibility index (Phi) is 4.94. The van der Waals surface area contributed by atoms with Gasteiger partial charge in [0.2, 0.25) is 5.91 Å². The number of halogens is 2. The summed E-state index contributed by atoms with van der Waals surface area (Å²) in [4.78, 5) is 27.6. The number of hydrogen-bond acceptors (Lipinski definition) is 3. The van der Waals surface area contributed by atoms with E-state index in [1.807, 2.05) is 0 Å². The van der Waals surface area contributed by atoms with Gasteiger partial charge in [-0.3, -0.25) is 4.79 Å². The summed E-state index contributed by atoms with van der Waals surface area (Å²) in [5.74, 6) is 5.59. The standard InChI is InChI=1S/C19H19ClFN3O3/c20-15-7-14(21)4-3-13(15)2-1-12-8-24(9-12)19(26)23-6-5-17-16(10-23)22-18(25)11-27-17/h3-4,7,12,16-17H,5-6,8-11H2,(H,22,25). The fourth-order valence-corrected chi connectivity index (χ4v) is 3.78. The average Bonchev–Trinajstić information content (AvgIpc) is 2.61. The van der Waals surface area contributed by atoms with Crippen molar-refractivity contribution in [3.8, 4) is 11.8 Å². The average molecular weight is 392 g/mol. The number of ether oxygens (including phenoxy) is 1. The van der Waals surface area contributed by atoms with E-state index in [4.69, 9.17) is 16.3 Å². The van der Waals surface area contributed by atoms with E-state index in [2.05, 4.69) is 17.2 Å². The SMILES string of the molecule is O=C1COC2CCN(C(=O)N3CC(C#Cc4ccc(F)cc4Cl)C3)CC2N1. The van der Waals surface area contributed by atoms with Gasteiger partial charge in [0.05, 0.1) is 23.1 Å². The molecule has 6 nitrogen and oxygen atoms in total. The summed E-state index contributed by atoms with van der Waals surface area (Å²) in [6.07, 6.45) is 0.707. The number of carbonyl (C=O) groups is 2. The highest BCUT2D eigenvalue weighted by molar-refractivity contribution is 6.31. The number of morpholine rings is 1. The Morgan fingerprint density at radius 2 is 2.11 bits per heavy atom. The minimum atomic E-state index is -0.394. The fraction of sp³-hybridized carbons (Fsp3) is 0.474. The van der Waals surface area contributed by atoms with Crippen molar-refractivity contribution in [2.75, 3.05) is 32.8 Å². The van der Waals surface area contributed by atoms with Crippen LogP contribution in [0.15, 0.2) is 18.2 Å².